The smallest absolute Gasteiger partial charge is 0.191 e. The fraction of sp³-hybridized carbons (Fsp3) is 0.421. The molecule has 2 N–H and O–H groups in total. The van der Waals surface area contributed by atoms with Gasteiger partial charge in [0.25, 0.3) is 0 Å². The van der Waals surface area contributed by atoms with Gasteiger partial charge in [-0.25, -0.2) is 0 Å². The molecule has 0 spiro atoms. The zero-order valence-corrected chi connectivity index (χ0v) is 14.2. The first kappa shape index (κ1) is 16.4. The van der Waals surface area contributed by atoms with Crippen LogP contribution in [0.15, 0.2) is 58.1 Å². The molecule has 0 bridgehead atoms. The summed E-state index contributed by atoms with van der Waals surface area (Å²) in [6.07, 6.45) is 3.65. The van der Waals surface area contributed by atoms with Crippen molar-refractivity contribution in [1.82, 2.24) is 10.6 Å². The minimum absolute atomic E-state index is 0.423. The lowest BCUT2D eigenvalue weighted by molar-refractivity contribution is 0.510. The van der Waals surface area contributed by atoms with E-state index in [1.165, 1.54) is 5.69 Å². The normalized spacial score (nSPS) is 18.0. The molecule has 0 saturated carbocycles. The Morgan fingerprint density at radius 1 is 1.25 bits per heavy atom. The van der Waals surface area contributed by atoms with Gasteiger partial charge in [0.2, 0.25) is 0 Å². The van der Waals surface area contributed by atoms with Gasteiger partial charge in [0.15, 0.2) is 5.96 Å². The molecule has 0 radical (unpaired) electrons. The van der Waals surface area contributed by atoms with E-state index in [-0.39, 0.29) is 0 Å². The zero-order chi connectivity index (χ0) is 16.6. The number of aliphatic imine (C=N–C) groups is 1. The molecule has 1 aromatic carbocycles. The zero-order valence-electron chi connectivity index (χ0n) is 14.2. The van der Waals surface area contributed by atoms with Crippen LogP contribution in [0.25, 0.3) is 0 Å². The number of rotatable bonds is 6. The third kappa shape index (κ3) is 4.54. The van der Waals surface area contributed by atoms with Gasteiger partial charge in [-0.05, 0) is 37.6 Å². The molecular weight excluding hydrogens is 300 g/mol. The molecule has 5 nitrogen and oxygen atoms in total. The van der Waals surface area contributed by atoms with Crippen LogP contribution in [-0.2, 0) is 6.42 Å². The van der Waals surface area contributed by atoms with Crippen LogP contribution in [0, 0.1) is 0 Å². The Bertz CT molecular complexity index is 624. The van der Waals surface area contributed by atoms with Gasteiger partial charge in [-0.1, -0.05) is 18.2 Å². The first-order chi connectivity index (χ1) is 11.8. The molecule has 1 aliphatic heterocycles. The number of guanidine groups is 1. The van der Waals surface area contributed by atoms with Crippen LogP contribution < -0.4 is 15.5 Å². The fourth-order valence-electron chi connectivity index (χ4n) is 3.00. The van der Waals surface area contributed by atoms with Crippen LogP contribution >= 0.6 is 0 Å². The van der Waals surface area contributed by atoms with Gasteiger partial charge in [0.1, 0.15) is 5.76 Å². The first-order valence-corrected chi connectivity index (χ1v) is 8.72. The molecule has 1 saturated heterocycles. The Morgan fingerprint density at radius 2 is 2.12 bits per heavy atom. The molecule has 1 atom stereocenters. The van der Waals surface area contributed by atoms with E-state index in [1.54, 1.807) is 6.26 Å². The fourth-order valence-corrected chi connectivity index (χ4v) is 3.00. The highest BCUT2D eigenvalue weighted by Gasteiger charge is 2.23. The predicted octanol–water partition coefficient (Wildman–Crippen LogP) is 2.66. The van der Waals surface area contributed by atoms with Crippen LogP contribution in [0.3, 0.4) is 0 Å². The maximum atomic E-state index is 5.36. The highest BCUT2D eigenvalue weighted by atomic mass is 16.3. The van der Waals surface area contributed by atoms with Crippen LogP contribution in [0.1, 0.15) is 19.1 Å². The maximum Gasteiger partial charge on any atom is 0.191 e. The van der Waals surface area contributed by atoms with Gasteiger partial charge >= 0.3 is 0 Å². The van der Waals surface area contributed by atoms with Gasteiger partial charge in [-0.3, -0.25) is 4.99 Å². The molecule has 0 amide bonds. The summed E-state index contributed by atoms with van der Waals surface area (Å²) < 4.78 is 5.36. The molecule has 2 heterocycles. The Morgan fingerprint density at radius 3 is 2.88 bits per heavy atom. The number of benzene rings is 1. The molecule has 1 fully saturated rings. The lowest BCUT2D eigenvalue weighted by Crippen LogP contribution is -2.44. The van der Waals surface area contributed by atoms with Crippen molar-refractivity contribution in [1.29, 1.82) is 0 Å². The largest absolute Gasteiger partial charge is 0.469 e. The summed E-state index contributed by atoms with van der Waals surface area (Å²) in [6, 6.07) is 14.9. The third-order valence-corrected chi connectivity index (χ3v) is 4.20. The van der Waals surface area contributed by atoms with E-state index >= 15 is 0 Å². The number of furan rings is 1. The summed E-state index contributed by atoms with van der Waals surface area (Å²) in [7, 11) is 0. The summed E-state index contributed by atoms with van der Waals surface area (Å²) in [4.78, 5) is 7.09. The van der Waals surface area contributed by atoms with Crippen LogP contribution in [0.4, 0.5) is 5.69 Å². The van der Waals surface area contributed by atoms with E-state index in [4.69, 9.17) is 4.42 Å². The summed E-state index contributed by atoms with van der Waals surface area (Å²) in [5.74, 6) is 1.87. The van der Waals surface area contributed by atoms with Gasteiger partial charge in [0, 0.05) is 44.3 Å². The minimum atomic E-state index is 0.423. The molecule has 1 aromatic heterocycles. The van der Waals surface area contributed by atoms with E-state index in [0.717, 1.165) is 50.7 Å². The topological polar surface area (TPSA) is 52.8 Å². The second-order valence-corrected chi connectivity index (χ2v) is 6.00. The highest BCUT2D eigenvalue weighted by Crippen LogP contribution is 2.19. The van der Waals surface area contributed by atoms with E-state index < -0.39 is 0 Å². The average Bonchev–Trinajstić information content (AvgIpc) is 3.28. The molecule has 3 rings (SSSR count). The monoisotopic (exact) mass is 326 g/mol. The molecule has 128 valence electrons. The quantitative estimate of drug-likeness (QED) is 0.633. The minimum Gasteiger partial charge on any atom is -0.469 e. The molecule has 24 heavy (non-hydrogen) atoms. The van der Waals surface area contributed by atoms with Crippen LogP contribution in [-0.4, -0.2) is 38.2 Å². The van der Waals surface area contributed by atoms with Gasteiger partial charge < -0.3 is 20.0 Å². The molecule has 5 heteroatoms. The van der Waals surface area contributed by atoms with Gasteiger partial charge in [-0.15, -0.1) is 0 Å². The standard InChI is InChI=1S/C19H26N4O/c1-2-20-19(21-12-10-18-9-6-14-24-18)22-16-11-13-23(15-16)17-7-4-3-5-8-17/h3-9,14,16H,2,10-13,15H2,1H3,(H2,20,21,22). The number of para-hydroxylation sites is 1. The molecule has 1 aliphatic rings. The Balaban J connectivity index is 1.52. The maximum absolute atomic E-state index is 5.36. The summed E-state index contributed by atoms with van der Waals surface area (Å²) >= 11 is 0. The molecule has 2 aromatic rings. The number of nitrogens with zero attached hydrogens (tertiary/aromatic N) is 2. The SMILES string of the molecule is CCNC(=NCCc1ccco1)NC1CCN(c2ccccc2)C1. The molecule has 1 unspecified atom stereocenters. The van der Waals surface area contributed by atoms with Crippen molar-refractivity contribution in [3.8, 4) is 0 Å². The number of hydrogen-bond donors (Lipinski definition) is 2. The van der Waals surface area contributed by atoms with Crippen molar-refractivity contribution < 1.29 is 4.42 Å². The lowest BCUT2D eigenvalue weighted by Gasteiger charge is -2.20. The Kier molecular flexibility index (Phi) is 5.77. The average molecular weight is 326 g/mol. The second-order valence-electron chi connectivity index (χ2n) is 6.00. The lowest BCUT2D eigenvalue weighted by atomic mass is 10.2. The summed E-state index contributed by atoms with van der Waals surface area (Å²) in [6.45, 7) is 5.76. The first-order valence-electron chi connectivity index (χ1n) is 8.72. The Labute approximate surface area is 143 Å². The predicted molar refractivity (Wildman–Crippen MR) is 98.6 cm³/mol. The molecule has 0 aliphatic carbocycles. The number of nitrogens with one attached hydrogen (secondary N) is 2. The van der Waals surface area contributed by atoms with Crippen molar-refractivity contribution in [2.45, 2.75) is 25.8 Å². The van der Waals surface area contributed by atoms with E-state index in [0.29, 0.717) is 6.04 Å². The van der Waals surface area contributed by atoms with Crippen molar-refractivity contribution in [3.05, 3.63) is 54.5 Å². The van der Waals surface area contributed by atoms with Crippen molar-refractivity contribution in [3.63, 3.8) is 0 Å². The Hall–Kier alpha value is -2.43. The highest BCUT2D eigenvalue weighted by molar-refractivity contribution is 5.80. The van der Waals surface area contributed by atoms with Crippen LogP contribution in [0.5, 0.6) is 0 Å². The number of hydrogen-bond acceptors (Lipinski definition) is 3. The second kappa shape index (κ2) is 8.43. The van der Waals surface area contributed by atoms with Crippen molar-refractivity contribution in [2.75, 3.05) is 31.1 Å². The van der Waals surface area contributed by atoms with E-state index in [9.17, 15) is 0 Å². The summed E-state index contributed by atoms with van der Waals surface area (Å²) in [5.41, 5.74) is 1.29. The third-order valence-electron chi connectivity index (χ3n) is 4.20. The summed E-state index contributed by atoms with van der Waals surface area (Å²) in [5, 5.41) is 6.90. The number of anilines is 1. The van der Waals surface area contributed by atoms with Gasteiger partial charge in [-0.2, -0.15) is 0 Å². The van der Waals surface area contributed by atoms with Crippen molar-refractivity contribution >= 4 is 11.6 Å². The van der Waals surface area contributed by atoms with Crippen LogP contribution in [0.2, 0.25) is 0 Å². The van der Waals surface area contributed by atoms with E-state index in [2.05, 4.69) is 57.8 Å². The van der Waals surface area contributed by atoms with E-state index in [1.807, 2.05) is 12.1 Å². The van der Waals surface area contributed by atoms with Crippen molar-refractivity contribution in [2.24, 2.45) is 4.99 Å². The molecular formula is C19H26N4O. The van der Waals surface area contributed by atoms with Gasteiger partial charge in [0.05, 0.1) is 6.26 Å².